The molecule has 0 fully saturated rings. The molecule has 0 N–H and O–H groups in total. The van der Waals surface area contributed by atoms with E-state index in [2.05, 4.69) is 113 Å². The van der Waals surface area contributed by atoms with Gasteiger partial charge in [0.05, 0.1) is 0 Å². The summed E-state index contributed by atoms with van der Waals surface area (Å²) < 4.78 is 0. The predicted molar refractivity (Wildman–Crippen MR) is 143 cm³/mol. The Morgan fingerprint density at radius 2 is 0.812 bits per heavy atom. The van der Waals surface area contributed by atoms with Crippen molar-refractivity contribution in [2.24, 2.45) is 0 Å². The van der Waals surface area contributed by atoms with E-state index in [1.165, 1.54) is 55.6 Å². The van der Waals surface area contributed by atoms with Crippen molar-refractivity contribution in [3.05, 3.63) is 129 Å². The van der Waals surface area contributed by atoms with Crippen LogP contribution in [0.4, 0.5) is 0 Å². The fourth-order valence-electron chi connectivity index (χ4n) is 4.12. The van der Waals surface area contributed by atoms with Crippen molar-refractivity contribution >= 4 is 0 Å². The summed E-state index contributed by atoms with van der Waals surface area (Å²) in [6, 6.07) is 31.0. The Kier molecular flexibility index (Phi) is 8.61. The average molecular weight is 423 g/mol. The summed E-state index contributed by atoms with van der Waals surface area (Å²) in [6.45, 7) is 8.56. The summed E-state index contributed by atoms with van der Waals surface area (Å²) in [7, 11) is 0. The molecule has 1 aliphatic rings. The van der Waals surface area contributed by atoms with Gasteiger partial charge in [0.1, 0.15) is 0 Å². The summed E-state index contributed by atoms with van der Waals surface area (Å²) in [6.07, 6.45) is 2.13. The molecule has 0 heteroatoms. The first-order valence-corrected chi connectivity index (χ1v) is 10.8. The maximum Gasteiger partial charge on any atom is -0.00133 e. The Hall–Kier alpha value is -3.12. The molecular formula is C32H38. The zero-order valence-electron chi connectivity index (χ0n) is 18.5. The third kappa shape index (κ3) is 5.98. The second-order valence-electron chi connectivity index (χ2n) is 8.65. The van der Waals surface area contributed by atoms with Gasteiger partial charge in [-0.1, -0.05) is 122 Å². The molecular weight excluding hydrogens is 384 g/mol. The molecule has 5 rings (SSSR count). The van der Waals surface area contributed by atoms with Crippen LogP contribution in [0.2, 0.25) is 0 Å². The lowest BCUT2D eigenvalue weighted by atomic mass is 10.0. The van der Waals surface area contributed by atoms with Gasteiger partial charge in [0.15, 0.2) is 0 Å². The number of hydrogen-bond acceptors (Lipinski definition) is 0. The van der Waals surface area contributed by atoms with Gasteiger partial charge in [-0.05, 0) is 73.9 Å². The van der Waals surface area contributed by atoms with E-state index in [9.17, 15) is 0 Å². The van der Waals surface area contributed by atoms with Crippen molar-refractivity contribution in [1.29, 1.82) is 0 Å². The van der Waals surface area contributed by atoms with Crippen LogP contribution in [0.5, 0.6) is 0 Å². The van der Waals surface area contributed by atoms with E-state index < -0.39 is 0 Å². The quantitative estimate of drug-likeness (QED) is 0.266. The van der Waals surface area contributed by atoms with E-state index in [0.717, 1.165) is 12.8 Å². The highest BCUT2D eigenvalue weighted by atomic mass is 14.2. The summed E-state index contributed by atoms with van der Waals surface area (Å²) in [5, 5.41) is 0. The van der Waals surface area contributed by atoms with Crippen LogP contribution in [-0.4, -0.2) is 0 Å². The van der Waals surface area contributed by atoms with Gasteiger partial charge in [-0.15, -0.1) is 0 Å². The van der Waals surface area contributed by atoms with Gasteiger partial charge >= 0.3 is 0 Å². The van der Waals surface area contributed by atoms with Gasteiger partial charge in [-0.25, -0.2) is 0 Å². The normalized spacial score (nSPS) is 10.6. The molecule has 166 valence electrons. The Bertz CT molecular complexity index is 1050. The van der Waals surface area contributed by atoms with E-state index in [-0.39, 0.29) is 14.9 Å². The smallest absolute Gasteiger partial charge is 0.00133 e. The van der Waals surface area contributed by atoms with Crippen LogP contribution in [0.1, 0.15) is 59.4 Å². The molecule has 0 unspecified atom stereocenters. The molecule has 0 spiro atoms. The third-order valence-corrected chi connectivity index (χ3v) is 5.84. The Morgan fingerprint density at radius 3 is 1.19 bits per heavy atom. The Balaban J connectivity index is 0.000000214. The molecule has 0 nitrogen and oxygen atoms in total. The molecule has 0 heterocycles. The van der Waals surface area contributed by atoms with Crippen molar-refractivity contribution in [2.75, 3.05) is 0 Å². The molecule has 0 aliphatic heterocycles. The van der Waals surface area contributed by atoms with E-state index in [1.54, 1.807) is 0 Å². The van der Waals surface area contributed by atoms with Gasteiger partial charge in [0, 0.05) is 0 Å². The Labute approximate surface area is 196 Å². The zero-order valence-corrected chi connectivity index (χ0v) is 18.5. The number of fused-ring (bicyclic) bond motifs is 3. The van der Waals surface area contributed by atoms with Crippen LogP contribution in [-0.2, 0) is 12.8 Å². The SMILES string of the molecule is C.C.Cc1ccc(Cc2ccc(C)cc2)cc1.Cc1ccc2c(c1)Cc1cc(C)ccc1-2. The van der Waals surface area contributed by atoms with E-state index in [0.29, 0.717) is 0 Å². The number of benzene rings is 4. The molecule has 0 atom stereocenters. The van der Waals surface area contributed by atoms with Crippen LogP contribution in [0, 0.1) is 27.7 Å². The lowest BCUT2D eigenvalue weighted by molar-refractivity contribution is 1.18. The van der Waals surface area contributed by atoms with Crippen LogP contribution in [0.25, 0.3) is 11.1 Å². The second kappa shape index (κ2) is 11.0. The fraction of sp³-hybridized carbons (Fsp3) is 0.250. The van der Waals surface area contributed by atoms with E-state index >= 15 is 0 Å². The van der Waals surface area contributed by atoms with E-state index in [4.69, 9.17) is 0 Å². The first-order valence-electron chi connectivity index (χ1n) is 10.8. The first-order chi connectivity index (χ1) is 14.5. The molecule has 0 bridgehead atoms. The largest absolute Gasteiger partial charge is 0.0776 e. The van der Waals surface area contributed by atoms with Crippen molar-refractivity contribution < 1.29 is 0 Å². The van der Waals surface area contributed by atoms with Crippen molar-refractivity contribution in [2.45, 2.75) is 55.4 Å². The predicted octanol–water partition coefficient (Wildman–Crippen LogP) is 9.04. The first kappa shape index (κ1) is 25.1. The lowest BCUT2D eigenvalue weighted by Gasteiger charge is -2.03. The van der Waals surface area contributed by atoms with Gasteiger partial charge in [0.2, 0.25) is 0 Å². The number of aryl methyl sites for hydroxylation is 4. The molecule has 4 aromatic rings. The summed E-state index contributed by atoms with van der Waals surface area (Å²) in [4.78, 5) is 0. The summed E-state index contributed by atoms with van der Waals surface area (Å²) >= 11 is 0. The molecule has 32 heavy (non-hydrogen) atoms. The second-order valence-corrected chi connectivity index (χ2v) is 8.65. The maximum absolute atomic E-state index is 2.31. The third-order valence-electron chi connectivity index (χ3n) is 5.84. The number of rotatable bonds is 2. The van der Waals surface area contributed by atoms with Crippen LogP contribution in [0.3, 0.4) is 0 Å². The minimum Gasteiger partial charge on any atom is -0.0776 e. The zero-order chi connectivity index (χ0) is 21.1. The van der Waals surface area contributed by atoms with Crippen molar-refractivity contribution in [3.63, 3.8) is 0 Å². The Morgan fingerprint density at radius 1 is 0.469 bits per heavy atom. The van der Waals surface area contributed by atoms with Crippen LogP contribution >= 0.6 is 0 Å². The summed E-state index contributed by atoms with van der Waals surface area (Å²) in [5.74, 6) is 0. The monoisotopic (exact) mass is 422 g/mol. The molecule has 0 amide bonds. The maximum atomic E-state index is 2.31. The number of hydrogen-bond donors (Lipinski definition) is 0. The minimum absolute atomic E-state index is 0. The lowest BCUT2D eigenvalue weighted by Crippen LogP contribution is -1.88. The van der Waals surface area contributed by atoms with Gasteiger partial charge in [-0.2, -0.15) is 0 Å². The van der Waals surface area contributed by atoms with E-state index in [1.807, 2.05) is 0 Å². The van der Waals surface area contributed by atoms with Gasteiger partial charge < -0.3 is 0 Å². The fourth-order valence-corrected chi connectivity index (χ4v) is 4.12. The molecule has 4 aromatic carbocycles. The van der Waals surface area contributed by atoms with Crippen LogP contribution in [0.15, 0.2) is 84.9 Å². The standard InChI is InChI=1S/C15H14.C15H16.2CH4/c1-10-3-5-14-12(7-10)9-13-8-11(2)4-6-15(13)14;1-12-3-7-14(8-4-12)11-15-9-5-13(2)6-10-15;;/h3-8H,9H2,1-2H3;3-10H,11H2,1-2H3;2*1H4. The minimum atomic E-state index is 0. The highest BCUT2D eigenvalue weighted by Crippen LogP contribution is 2.37. The highest BCUT2D eigenvalue weighted by Gasteiger charge is 2.17. The van der Waals surface area contributed by atoms with Crippen LogP contribution < -0.4 is 0 Å². The topological polar surface area (TPSA) is 0 Å². The summed E-state index contributed by atoms with van der Waals surface area (Å²) in [5.41, 5.74) is 13.9. The molecule has 0 radical (unpaired) electrons. The highest BCUT2D eigenvalue weighted by molar-refractivity contribution is 5.77. The molecule has 0 saturated carbocycles. The molecule has 0 aromatic heterocycles. The van der Waals surface area contributed by atoms with Gasteiger partial charge in [-0.3, -0.25) is 0 Å². The van der Waals surface area contributed by atoms with Gasteiger partial charge in [0.25, 0.3) is 0 Å². The molecule has 0 saturated heterocycles. The van der Waals surface area contributed by atoms with Crippen molar-refractivity contribution in [1.82, 2.24) is 0 Å². The molecule has 1 aliphatic carbocycles. The average Bonchev–Trinajstić information content (AvgIpc) is 3.08. The van der Waals surface area contributed by atoms with Crippen molar-refractivity contribution in [3.8, 4) is 11.1 Å².